The maximum absolute atomic E-state index is 10.6. The van der Waals surface area contributed by atoms with Gasteiger partial charge in [-0.1, -0.05) is 0 Å². The fraction of sp³-hybridized carbons (Fsp3) is 0.286. The van der Waals surface area contributed by atoms with Crippen molar-refractivity contribution in [3.8, 4) is 0 Å². The number of benzene rings is 1. The van der Waals surface area contributed by atoms with Gasteiger partial charge in [0, 0.05) is 30.9 Å². The molecule has 0 fully saturated rings. The molecule has 0 atom stereocenters. The van der Waals surface area contributed by atoms with E-state index in [-0.39, 0.29) is 16.7 Å². The van der Waals surface area contributed by atoms with Crippen molar-refractivity contribution in [2.24, 2.45) is 0 Å². The molecule has 0 aliphatic carbocycles. The fourth-order valence-electron chi connectivity index (χ4n) is 1.85. The van der Waals surface area contributed by atoms with Crippen molar-refractivity contribution in [3.05, 3.63) is 34.4 Å². The monoisotopic (exact) mass is 377 g/mol. The Morgan fingerprint density at radius 2 is 1.58 bits per heavy atom. The number of hydrogen-bond donors (Lipinski definition) is 5. The molecule has 0 aliphatic rings. The van der Waals surface area contributed by atoms with E-state index in [1.165, 1.54) is 12.1 Å². The van der Waals surface area contributed by atoms with E-state index in [4.69, 9.17) is 12.2 Å². The van der Waals surface area contributed by atoms with Gasteiger partial charge >= 0.3 is 0 Å². The first-order valence-corrected chi connectivity index (χ1v) is 8.24. The number of nitrogens with zero attached hydrogens (tertiary/aromatic N) is 4. The first-order chi connectivity index (χ1) is 12.5. The molecule has 0 spiro atoms. The number of hydrogen-bond acceptors (Lipinski definition) is 9. The second kappa shape index (κ2) is 9.27. The van der Waals surface area contributed by atoms with Crippen molar-refractivity contribution in [2.75, 3.05) is 34.5 Å². The zero-order chi connectivity index (χ0) is 18.9. The molecule has 138 valence electrons. The fourth-order valence-corrected chi connectivity index (χ4v) is 2.02. The van der Waals surface area contributed by atoms with Crippen LogP contribution in [0.2, 0.25) is 0 Å². The van der Waals surface area contributed by atoms with Crippen molar-refractivity contribution in [1.82, 2.24) is 20.4 Å². The molecule has 5 N–H and O–H groups in total. The summed E-state index contributed by atoms with van der Waals surface area (Å²) in [4.78, 5) is 22.8. The van der Waals surface area contributed by atoms with Gasteiger partial charge in [-0.3, -0.25) is 21.0 Å². The van der Waals surface area contributed by atoms with Gasteiger partial charge in [-0.2, -0.15) is 15.0 Å². The van der Waals surface area contributed by atoms with Crippen LogP contribution in [0.1, 0.15) is 13.8 Å². The number of nitro benzene ring substituents is 1. The Labute approximate surface area is 155 Å². The standard InChI is InChI=1S/C14H19N9O2S/c1-3-15-11-18-12(16-4-2)20-13(19-11)21-22-14(26)17-9-5-7-10(8-6-9)23(24)25/h5-8H,3-4H2,1-2H3,(H2,17,22,26)(H3,15,16,18,19,20,21). The van der Waals surface area contributed by atoms with Gasteiger partial charge in [0.25, 0.3) is 5.69 Å². The van der Waals surface area contributed by atoms with Crippen LogP contribution in [-0.2, 0) is 0 Å². The minimum Gasteiger partial charge on any atom is -0.354 e. The van der Waals surface area contributed by atoms with Crippen LogP contribution < -0.4 is 26.8 Å². The molecular formula is C14H19N9O2S. The summed E-state index contributed by atoms with van der Waals surface area (Å²) in [7, 11) is 0. The van der Waals surface area contributed by atoms with E-state index in [0.717, 1.165) is 0 Å². The molecule has 11 nitrogen and oxygen atoms in total. The van der Waals surface area contributed by atoms with Gasteiger partial charge in [0.1, 0.15) is 0 Å². The van der Waals surface area contributed by atoms with Gasteiger partial charge in [-0.05, 0) is 38.2 Å². The Morgan fingerprint density at radius 1 is 1.04 bits per heavy atom. The van der Waals surface area contributed by atoms with Gasteiger partial charge in [-0.25, -0.2) is 0 Å². The van der Waals surface area contributed by atoms with E-state index in [1.807, 2.05) is 13.8 Å². The number of thiocarbonyl (C=S) groups is 1. The normalized spacial score (nSPS) is 9.92. The average molecular weight is 377 g/mol. The lowest BCUT2D eigenvalue weighted by atomic mass is 10.3. The van der Waals surface area contributed by atoms with Gasteiger partial charge < -0.3 is 16.0 Å². The third-order valence-electron chi connectivity index (χ3n) is 2.93. The Kier molecular flexibility index (Phi) is 6.79. The predicted molar refractivity (Wildman–Crippen MR) is 104 cm³/mol. The number of anilines is 4. The summed E-state index contributed by atoms with van der Waals surface area (Å²) < 4.78 is 0. The molecule has 0 saturated carbocycles. The molecule has 0 amide bonds. The highest BCUT2D eigenvalue weighted by atomic mass is 32.1. The van der Waals surface area contributed by atoms with Gasteiger partial charge in [-0.15, -0.1) is 0 Å². The van der Waals surface area contributed by atoms with Crippen LogP contribution in [0.3, 0.4) is 0 Å². The molecule has 1 heterocycles. The SMILES string of the molecule is CCNc1nc(NCC)nc(NNC(=S)Nc2ccc([N+](=O)[O-])cc2)n1. The third kappa shape index (κ3) is 5.66. The van der Waals surface area contributed by atoms with Crippen molar-refractivity contribution < 1.29 is 4.92 Å². The molecule has 0 radical (unpaired) electrons. The van der Waals surface area contributed by atoms with E-state index in [0.29, 0.717) is 30.7 Å². The number of rotatable bonds is 8. The van der Waals surface area contributed by atoms with Crippen LogP contribution in [0.5, 0.6) is 0 Å². The summed E-state index contributed by atoms with van der Waals surface area (Å²) in [6, 6.07) is 5.88. The van der Waals surface area contributed by atoms with Crippen LogP contribution in [0.4, 0.5) is 29.2 Å². The summed E-state index contributed by atoms with van der Waals surface area (Å²) in [5, 5.41) is 19.8. The molecule has 1 aromatic carbocycles. The maximum atomic E-state index is 10.6. The Bertz CT molecular complexity index is 745. The topological polar surface area (TPSA) is 142 Å². The Hall–Kier alpha value is -3.28. The summed E-state index contributed by atoms with van der Waals surface area (Å²) in [6.07, 6.45) is 0. The second-order valence-electron chi connectivity index (χ2n) is 4.87. The quantitative estimate of drug-likeness (QED) is 0.262. The maximum Gasteiger partial charge on any atom is 0.269 e. The molecule has 26 heavy (non-hydrogen) atoms. The highest BCUT2D eigenvalue weighted by molar-refractivity contribution is 7.80. The van der Waals surface area contributed by atoms with Gasteiger partial charge in [0.2, 0.25) is 17.8 Å². The van der Waals surface area contributed by atoms with Gasteiger partial charge in [0.15, 0.2) is 5.11 Å². The Morgan fingerprint density at radius 3 is 2.08 bits per heavy atom. The number of hydrazine groups is 1. The minimum absolute atomic E-state index is 0.00430. The van der Waals surface area contributed by atoms with Crippen molar-refractivity contribution >= 4 is 46.6 Å². The van der Waals surface area contributed by atoms with Gasteiger partial charge in [0.05, 0.1) is 4.92 Å². The zero-order valence-corrected chi connectivity index (χ0v) is 15.1. The van der Waals surface area contributed by atoms with E-state index in [2.05, 4.69) is 41.8 Å². The lowest BCUT2D eigenvalue weighted by molar-refractivity contribution is -0.384. The Balaban J connectivity index is 1.96. The number of non-ortho nitro benzene ring substituents is 1. The zero-order valence-electron chi connectivity index (χ0n) is 14.2. The molecule has 0 saturated heterocycles. The van der Waals surface area contributed by atoms with E-state index in [9.17, 15) is 10.1 Å². The van der Waals surface area contributed by atoms with Crippen LogP contribution in [0.25, 0.3) is 0 Å². The highest BCUT2D eigenvalue weighted by Gasteiger charge is 2.07. The molecule has 2 aromatic rings. The number of nitrogens with one attached hydrogen (secondary N) is 5. The van der Waals surface area contributed by atoms with Crippen LogP contribution in [0.15, 0.2) is 24.3 Å². The van der Waals surface area contributed by atoms with Crippen LogP contribution in [-0.4, -0.2) is 38.1 Å². The van der Waals surface area contributed by atoms with Crippen molar-refractivity contribution in [3.63, 3.8) is 0 Å². The summed E-state index contributed by atoms with van der Waals surface area (Å²) in [5.74, 6) is 1.13. The molecule has 0 bridgehead atoms. The lowest BCUT2D eigenvalue weighted by Crippen LogP contribution is -2.34. The summed E-state index contributed by atoms with van der Waals surface area (Å²) in [5.41, 5.74) is 6.15. The van der Waals surface area contributed by atoms with Crippen LogP contribution >= 0.6 is 12.2 Å². The molecule has 12 heteroatoms. The van der Waals surface area contributed by atoms with E-state index >= 15 is 0 Å². The molecule has 2 rings (SSSR count). The average Bonchev–Trinajstić information content (AvgIpc) is 2.61. The lowest BCUT2D eigenvalue weighted by Gasteiger charge is -2.13. The van der Waals surface area contributed by atoms with E-state index < -0.39 is 4.92 Å². The second-order valence-corrected chi connectivity index (χ2v) is 5.28. The largest absolute Gasteiger partial charge is 0.354 e. The highest BCUT2D eigenvalue weighted by Crippen LogP contribution is 2.15. The molecule has 1 aromatic heterocycles. The smallest absolute Gasteiger partial charge is 0.269 e. The van der Waals surface area contributed by atoms with Crippen molar-refractivity contribution in [1.29, 1.82) is 0 Å². The number of nitro groups is 1. The first kappa shape index (κ1) is 19.1. The molecule has 0 aliphatic heterocycles. The molecular weight excluding hydrogens is 358 g/mol. The van der Waals surface area contributed by atoms with E-state index in [1.54, 1.807) is 12.1 Å². The summed E-state index contributed by atoms with van der Waals surface area (Å²) >= 11 is 5.17. The number of aromatic nitrogens is 3. The summed E-state index contributed by atoms with van der Waals surface area (Å²) in [6.45, 7) is 5.21. The minimum atomic E-state index is -0.466. The van der Waals surface area contributed by atoms with Crippen molar-refractivity contribution in [2.45, 2.75) is 13.8 Å². The first-order valence-electron chi connectivity index (χ1n) is 7.83. The van der Waals surface area contributed by atoms with Crippen LogP contribution in [0, 0.1) is 10.1 Å². The molecule has 0 unspecified atom stereocenters. The predicted octanol–water partition coefficient (Wildman–Crippen LogP) is 1.96. The third-order valence-corrected chi connectivity index (χ3v) is 3.13.